The molecule has 0 aliphatic carbocycles. The summed E-state index contributed by atoms with van der Waals surface area (Å²) in [6, 6.07) is 5.03. The molecule has 0 heterocycles. The van der Waals surface area contributed by atoms with E-state index in [-0.39, 0.29) is 5.39 Å². The molecule has 2 aromatic rings. The highest BCUT2D eigenvalue weighted by Crippen LogP contribution is 2.29. The molecule has 6 nitrogen and oxygen atoms in total. The van der Waals surface area contributed by atoms with Crippen molar-refractivity contribution in [3.05, 3.63) is 35.4 Å². The van der Waals surface area contributed by atoms with Crippen LogP contribution in [0.3, 0.4) is 0 Å². The molecule has 0 bridgehead atoms. The quantitative estimate of drug-likeness (QED) is 0.820. The lowest BCUT2D eigenvalue weighted by atomic mass is 10.0. The molecule has 2 aromatic carbocycles. The minimum atomic E-state index is -4.62. The van der Waals surface area contributed by atoms with Crippen LogP contribution in [0.2, 0.25) is 0 Å². The zero-order valence-electron chi connectivity index (χ0n) is 10.7. The van der Waals surface area contributed by atoms with Crippen LogP contribution in [0.1, 0.15) is 11.1 Å². The standard InChI is InChI=1S/C12H12O6S2/c1-7-3-9-5-10(19(13,14)15)6-12(20(16,17)18)11(9)4-8(7)2/h3-6H,1-2H3,(H,13,14,15)(H,16,17,18). The summed E-state index contributed by atoms with van der Waals surface area (Å²) in [5, 5.41) is 0.499. The monoisotopic (exact) mass is 316 g/mol. The van der Waals surface area contributed by atoms with Crippen molar-refractivity contribution < 1.29 is 25.9 Å². The van der Waals surface area contributed by atoms with Crippen molar-refractivity contribution >= 4 is 31.0 Å². The maximum absolute atomic E-state index is 11.4. The van der Waals surface area contributed by atoms with Crippen molar-refractivity contribution in [1.82, 2.24) is 0 Å². The lowest BCUT2D eigenvalue weighted by Crippen LogP contribution is -2.04. The van der Waals surface area contributed by atoms with Gasteiger partial charge in [-0.25, -0.2) is 0 Å². The summed E-state index contributed by atoms with van der Waals surface area (Å²) in [5.74, 6) is 0. The molecule has 2 N–H and O–H groups in total. The maximum Gasteiger partial charge on any atom is 0.295 e. The summed E-state index contributed by atoms with van der Waals surface area (Å²) in [6.45, 7) is 3.54. The van der Waals surface area contributed by atoms with Crippen molar-refractivity contribution in [2.24, 2.45) is 0 Å². The summed E-state index contributed by atoms with van der Waals surface area (Å²) in [7, 11) is -9.19. The smallest absolute Gasteiger partial charge is 0.282 e. The van der Waals surface area contributed by atoms with Gasteiger partial charge in [-0.1, -0.05) is 6.07 Å². The third kappa shape index (κ3) is 2.68. The van der Waals surface area contributed by atoms with Crippen LogP contribution in [0.15, 0.2) is 34.1 Å². The van der Waals surface area contributed by atoms with Gasteiger partial charge in [0.15, 0.2) is 0 Å². The number of fused-ring (bicyclic) bond motifs is 1. The first kappa shape index (κ1) is 14.9. The minimum absolute atomic E-state index is 0.197. The third-order valence-corrected chi connectivity index (χ3v) is 4.80. The Morgan fingerprint density at radius 1 is 0.800 bits per heavy atom. The van der Waals surface area contributed by atoms with E-state index < -0.39 is 30.0 Å². The molecule has 0 aliphatic heterocycles. The van der Waals surface area contributed by atoms with Crippen molar-refractivity contribution in [3.8, 4) is 0 Å². The van der Waals surface area contributed by atoms with E-state index in [1.165, 1.54) is 0 Å². The average molecular weight is 316 g/mol. The molecule has 0 saturated heterocycles. The molecule has 0 aromatic heterocycles. The predicted molar refractivity (Wildman–Crippen MR) is 73.1 cm³/mol. The van der Waals surface area contributed by atoms with Gasteiger partial charge in [-0.3, -0.25) is 9.11 Å². The number of rotatable bonds is 2. The van der Waals surface area contributed by atoms with E-state index in [1.54, 1.807) is 26.0 Å². The zero-order valence-corrected chi connectivity index (χ0v) is 12.3. The van der Waals surface area contributed by atoms with Gasteiger partial charge >= 0.3 is 0 Å². The second kappa shape index (κ2) is 4.52. The van der Waals surface area contributed by atoms with Crippen LogP contribution >= 0.6 is 0 Å². The first-order chi connectivity index (χ1) is 9.00. The Morgan fingerprint density at radius 2 is 1.35 bits per heavy atom. The number of hydrogen-bond donors (Lipinski definition) is 2. The van der Waals surface area contributed by atoms with Crippen LogP contribution in [-0.4, -0.2) is 25.9 Å². The molecule has 8 heteroatoms. The van der Waals surface area contributed by atoms with Gasteiger partial charge in [0, 0.05) is 5.39 Å². The summed E-state index contributed by atoms with van der Waals surface area (Å²) in [5.41, 5.74) is 1.62. The molecular weight excluding hydrogens is 304 g/mol. The number of benzene rings is 2. The van der Waals surface area contributed by atoms with E-state index in [2.05, 4.69) is 0 Å². The lowest BCUT2D eigenvalue weighted by Gasteiger charge is -2.09. The van der Waals surface area contributed by atoms with Crippen LogP contribution in [0.5, 0.6) is 0 Å². The largest absolute Gasteiger partial charge is 0.295 e. The zero-order chi connectivity index (χ0) is 15.3. The summed E-state index contributed by atoms with van der Waals surface area (Å²) >= 11 is 0. The first-order valence-corrected chi connectivity index (χ1v) is 8.38. The highest BCUT2D eigenvalue weighted by molar-refractivity contribution is 7.86. The van der Waals surface area contributed by atoms with Crippen molar-refractivity contribution in [1.29, 1.82) is 0 Å². The van der Waals surface area contributed by atoms with Gasteiger partial charge < -0.3 is 0 Å². The van der Waals surface area contributed by atoms with Gasteiger partial charge in [-0.15, -0.1) is 0 Å². The normalized spacial score (nSPS) is 12.8. The summed E-state index contributed by atoms with van der Waals surface area (Å²) in [6.07, 6.45) is 0. The maximum atomic E-state index is 11.4. The molecule has 0 spiro atoms. The Kier molecular flexibility index (Phi) is 3.37. The minimum Gasteiger partial charge on any atom is -0.282 e. The fraction of sp³-hybridized carbons (Fsp3) is 0.167. The Labute approximate surface area is 116 Å². The number of hydrogen-bond acceptors (Lipinski definition) is 4. The van der Waals surface area contributed by atoms with E-state index in [0.29, 0.717) is 5.39 Å². The predicted octanol–water partition coefficient (Wildman–Crippen LogP) is 1.95. The van der Waals surface area contributed by atoms with E-state index in [0.717, 1.165) is 23.3 Å². The molecule has 0 amide bonds. The topological polar surface area (TPSA) is 109 Å². The van der Waals surface area contributed by atoms with Crippen molar-refractivity contribution in [3.63, 3.8) is 0 Å². The van der Waals surface area contributed by atoms with Crippen LogP contribution in [-0.2, 0) is 20.2 Å². The highest BCUT2D eigenvalue weighted by Gasteiger charge is 2.20. The fourth-order valence-electron chi connectivity index (χ4n) is 1.94. The van der Waals surface area contributed by atoms with Crippen LogP contribution in [0.4, 0.5) is 0 Å². The highest BCUT2D eigenvalue weighted by atomic mass is 32.2. The average Bonchev–Trinajstić information content (AvgIpc) is 2.26. The Balaban J connectivity index is 3.05. The van der Waals surface area contributed by atoms with Gasteiger partial charge in [-0.2, -0.15) is 16.8 Å². The number of aryl methyl sites for hydroxylation is 2. The molecule has 108 valence electrons. The fourth-order valence-corrected chi connectivity index (χ4v) is 3.28. The van der Waals surface area contributed by atoms with Crippen LogP contribution in [0, 0.1) is 13.8 Å². The van der Waals surface area contributed by atoms with Gasteiger partial charge in [0.1, 0.15) is 4.90 Å². The van der Waals surface area contributed by atoms with Crippen LogP contribution < -0.4 is 0 Å². The van der Waals surface area contributed by atoms with E-state index in [4.69, 9.17) is 4.55 Å². The van der Waals surface area contributed by atoms with E-state index in [1.807, 2.05) is 0 Å². The van der Waals surface area contributed by atoms with Crippen LogP contribution in [0.25, 0.3) is 10.8 Å². The van der Waals surface area contributed by atoms with Gasteiger partial charge in [0.05, 0.1) is 4.90 Å². The molecule has 0 atom stereocenters. The van der Waals surface area contributed by atoms with Gasteiger partial charge in [-0.05, 0) is 48.6 Å². The molecule has 2 rings (SSSR count). The molecule has 20 heavy (non-hydrogen) atoms. The van der Waals surface area contributed by atoms with E-state index in [9.17, 15) is 21.4 Å². The van der Waals surface area contributed by atoms with Gasteiger partial charge in [0.25, 0.3) is 20.2 Å². The molecule has 0 unspecified atom stereocenters. The lowest BCUT2D eigenvalue weighted by molar-refractivity contribution is 0.482. The molecule has 0 saturated carbocycles. The summed E-state index contributed by atoms with van der Waals surface area (Å²) in [4.78, 5) is -1.13. The van der Waals surface area contributed by atoms with Gasteiger partial charge in [0.2, 0.25) is 0 Å². The van der Waals surface area contributed by atoms with E-state index >= 15 is 0 Å². The third-order valence-electron chi connectivity index (χ3n) is 3.08. The second-order valence-corrected chi connectivity index (χ2v) is 7.34. The summed E-state index contributed by atoms with van der Waals surface area (Å²) < 4.78 is 63.5. The van der Waals surface area contributed by atoms with Crippen molar-refractivity contribution in [2.45, 2.75) is 23.6 Å². The molecule has 0 fully saturated rings. The Bertz CT molecular complexity index is 911. The Morgan fingerprint density at radius 3 is 1.85 bits per heavy atom. The first-order valence-electron chi connectivity index (χ1n) is 5.50. The molecule has 0 aliphatic rings. The molecular formula is C12H12O6S2. The SMILES string of the molecule is Cc1cc2cc(S(=O)(=O)O)cc(S(=O)(=O)O)c2cc1C. The molecule has 0 radical (unpaired) electrons. The second-order valence-electron chi connectivity index (χ2n) is 4.53. The van der Waals surface area contributed by atoms with Crippen molar-refractivity contribution in [2.75, 3.05) is 0 Å². The Hall–Kier alpha value is -1.48.